The quantitative estimate of drug-likeness (QED) is 0.702. The molecular formula is C23H28F2N4O3S. The zero-order chi connectivity index (χ0) is 23.9. The molecule has 3 aliphatic rings. The normalized spacial score (nSPS) is 27.2. The van der Waals surface area contributed by atoms with Crippen LogP contribution in [0, 0.1) is 0 Å². The van der Waals surface area contributed by atoms with Crippen LogP contribution < -0.4 is 9.62 Å². The van der Waals surface area contributed by atoms with Gasteiger partial charge >= 0.3 is 0 Å². The number of hydrogen-bond acceptors (Lipinski definition) is 6. The molecule has 0 spiro atoms. The van der Waals surface area contributed by atoms with E-state index in [1.165, 1.54) is 0 Å². The number of halogens is 2. The summed E-state index contributed by atoms with van der Waals surface area (Å²) in [5.74, 6) is -2.81. The van der Waals surface area contributed by atoms with Crippen LogP contribution in [0.5, 0.6) is 0 Å². The maximum atomic E-state index is 14.7. The molecule has 1 unspecified atom stereocenters. The van der Waals surface area contributed by atoms with Gasteiger partial charge in [0.15, 0.2) is 0 Å². The Labute approximate surface area is 192 Å². The van der Waals surface area contributed by atoms with Gasteiger partial charge in [0.05, 0.1) is 24.1 Å². The van der Waals surface area contributed by atoms with Crippen molar-refractivity contribution in [1.82, 2.24) is 14.7 Å². The Hall–Kier alpha value is -2.17. The van der Waals surface area contributed by atoms with Gasteiger partial charge in [0.1, 0.15) is 5.69 Å². The number of anilines is 1. The maximum Gasteiger partial charge on any atom is 0.290 e. The average molecular weight is 479 g/mol. The van der Waals surface area contributed by atoms with Gasteiger partial charge < -0.3 is 10.0 Å². The molecule has 2 heterocycles. The van der Waals surface area contributed by atoms with Crippen molar-refractivity contribution in [1.29, 1.82) is 0 Å². The van der Waals surface area contributed by atoms with E-state index in [9.17, 15) is 22.3 Å². The third kappa shape index (κ3) is 3.72. The van der Waals surface area contributed by atoms with Crippen LogP contribution in [-0.4, -0.2) is 48.4 Å². The predicted octanol–water partition coefficient (Wildman–Crippen LogP) is 3.02. The van der Waals surface area contributed by atoms with Gasteiger partial charge in [-0.15, -0.1) is 0 Å². The number of sulfonamides is 1. The molecule has 1 aliphatic heterocycles. The summed E-state index contributed by atoms with van der Waals surface area (Å²) in [6.07, 6.45) is 1.10. The fourth-order valence-corrected chi connectivity index (χ4v) is 6.05. The average Bonchev–Trinajstić information content (AvgIpc) is 3.16. The van der Waals surface area contributed by atoms with E-state index in [0.29, 0.717) is 29.8 Å². The van der Waals surface area contributed by atoms with E-state index in [1.807, 2.05) is 39.0 Å². The molecule has 3 atom stereocenters. The highest BCUT2D eigenvalue weighted by molar-refractivity contribution is 7.88. The van der Waals surface area contributed by atoms with Crippen molar-refractivity contribution in [3.8, 4) is 11.3 Å². The minimum absolute atomic E-state index is 0.189. The summed E-state index contributed by atoms with van der Waals surface area (Å²) in [6.45, 7) is 6.22. The molecule has 1 saturated heterocycles. The Morgan fingerprint density at radius 2 is 1.97 bits per heavy atom. The number of hydrogen-bond donors (Lipinski definition) is 2. The van der Waals surface area contributed by atoms with Gasteiger partial charge in [-0.1, -0.05) is 26.0 Å². The number of aliphatic hydroxyl groups is 1. The number of benzene rings is 1. The van der Waals surface area contributed by atoms with E-state index in [2.05, 4.69) is 9.71 Å². The number of rotatable bonds is 4. The van der Waals surface area contributed by atoms with Crippen LogP contribution in [-0.2, 0) is 27.8 Å². The predicted molar refractivity (Wildman–Crippen MR) is 121 cm³/mol. The zero-order valence-electron chi connectivity index (χ0n) is 19.1. The Morgan fingerprint density at radius 3 is 2.61 bits per heavy atom. The van der Waals surface area contributed by atoms with Gasteiger partial charge in [-0.05, 0) is 42.4 Å². The maximum absolute atomic E-state index is 14.7. The number of nitrogens with zero attached hydrogens (tertiary/aromatic N) is 3. The molecule has 0 saturated carbocycles. The molecule has 5 rings (SSSR count). The second kappa shape index (κ2) is 7.16. The highest BCUT2D eigenvalue weighted by Gasteiger charge is 2.45. The van der Waals surface area contributed by atoms with Crippen molar-refractivity contribution in [2.75, 3.05) is 17.7 Å². The summed E-state index contributed by atoms with van der Waals surface area (Å²) in [6, 6.07) is 5.08. The lowest BCUT2D eigenvalue weighted by atomic mass is 9.85. The van der Waals surface area contributed by atoms with Gasteiger partial charge in [0, 0.05) is 30.1 Å². The summed E-state index contributed by atoms with van der Waals surface area (Å²) >= 11 is 0. The zero-order valence-corrected chi connectivity index (χ0v) is 19.9. The fourth-order valence-electron chi connectivity index (χ4n) is 5.32. The van der Waals surface area contributed by atoms with Gasteiger partial charge in [-0.25, -0.2) is 23.1 Å². The summed E-state index contributed by atoms with van der Waals surface area (Å²) in [4.78, 5) is 10.7. The van der Waals surface area contributed by atoms with E-state index in [4.69, 9.17) is 4.98 Å². The van der Waals surface area contributed by atoms with Crippen molar-refractivity contribution >= 4 is 16.0 Å². The molecule has 1 aromatic heterocycles. The number of fused-ring (bicyclic) bond motifs is 2. The molecular weight excluding hydrogens is 450 g/mol. The first kappa shape index (κ1) is 22.6. The van der Waals surface area contributed by atoms with Crippen LogP contribution in [0.2, 0.25) is 0 Å². The van der Waals surface area contributed by atoms with Gasteiger partial charge in [0.25, 0.3) is 5.92 Å². The summed E-state index contributed by atoms with van der Waals surface area (Å²) < 4.78 is 55.8. The number of aromatic nitrogens is 2. The Morgan fingerprint density at radius 1 is 1.24 bits per heavy atom. The van der Waals surface area contributed by atoms with Crippen LogP contribution in [0.25, 0.3) is 11.3 Å². The van der Waals surface area contributed by atoms with E-state index < -0.39 is 22.0 Å². The Kier molecular flexibility index (Phi) is 4.91. The second-order valence-electron chi connectivity index (χ2n) is 10.2. The second-order valence-corrected chi connectivity index (χ2v) is 12.0. The topological polar surface area (TPSA) is 95.4 Å². The monoisotopic (exact) mass is 478 g/mol. The highest BCUT2D eigenvalue weighted by Crippen LogP contribution is 2.48. The summed E-state index contributed by atoms with van der Waals surface area (Å²) in [5, 5.41) is 9.91. The minimum atomic E-state index is -3.39. The number of β-amino-alcohol motifs (C(OH)–C–C–N with tert-alkyl or cyclic N) is 1. The molecule has 0 amide bonds. The third-order valence-corrected chi connectivity index (χ3v) is 7.93. The van der Waals surface area contributed by atoms with E-state index in [0.717, 1.165) is 17.4 Å². The molecule has 7 nitrogen and oxygen atoms in total. The first-order chi connectivity index (χ1) is 15.3. The summed E-state index contributed by atoms with van der Waals surface area (Å²) in [5.41, 5.74) is 3.00. The smallest absolute Gasteiger partial charge is 0.290 e. The molecule has 178 valence electrons. The van der Waals surface area contributed by atoms with Gasteiger partial charge in [0.2, 0.25) is 16.0 Å². The van der Waals surface area contributed by atoms with E-state index >= 15 is 0 Å². The van der Waals surface area contributed by atoms with Crippen molar-refractivity contribution in [2.24, 2.45) is 0 Å². The van der Waals surface area contributed by atoms with Crippen LogP contribution in [0.1, 0.15) is 62.0 Å². The van der Waals surface area contributed by atoms with Gasteiger partial charge in [-0.3, -0.25) is 0 Å². The fraction of sp³-hybridized carbons (Fsp3) is 0.565. The first-order valence-corrected chi connectivity index (χ1v) is 13.0. The minimum Gasteiger partial charge on any atom is -0.389 e. The van der Waals surface area contributed by atoms with Crippen LogP contribution >= 0.6 is 0 Å². The van der Waals surface area contributed by atoms with Crippen LogP contribution in [0.15, 0.2) is 18.2 Å². The van der Waals surface area contributed by atoms with Gasteiger partial charge in [-0.2, -0.15) is 8.78 Å². The van der Waals surface area contributed by atoms with Crippen molar-refractivity contribution < 1.29 is 22.3 Å². The third-order valence-electron chi connectivity index (χ3n) is 7.22. The van der Waals surface area contributed by atoms with E-state index in [-0.39, 0.29) is 42.0 Å². The largest absolute Gasteiger partial charge is 0.389 e. The summed E-state index contributed by atoms with van der Waals surface area (Å²) in [7, 11) is -3.39. The lowest BCUT2D eigenvalue weighted by Gasteiger charge is -2.43. The Balaban J connectivity index is 1.63. The number of aliphatic hydroxyl groups excluding tert-OH is 1. The molecule has 33 heavy (non-hydrogen) atoms. The highest BCUT2D eigenvalue weighted by atomic mass is 32.2. The molecule has 1 fully saturated rings. The molecule has 2 aromatic rings. The molecule has 2 aliphatic carbocycles. The Bertz CT molecular complexity index is 1250. The van der Waals surface area contributed by atoms with Crippen molar-refractivity contribution in [2.45, 2.75) is 69.6 Å². The van der Waals surface area contributed by atoms with Crippen LogP contribution in [0.3, 0.4) is 0 Å². The molecule has 0 bridgehead atoms. The molecule has 2 N–H and O–H groups in total. The van der Waals surface area contributed by atoms with Crippen LogP contribution in [0.4, 0.5) is 14.7 Å². The van der Waals surface area contributed by atoms with Crippen molar-refractivity contribution in [3.05, 3.63) is 40.6 Å². The lowest BCUT2D eigenvalue weighted by molar-refractivity contribution is -0.00603. The first-order valence-electron chi connectivity index (χ1n) is 11.1. The number of nitrogens with one attached hydrogen (secondary N) is 1. The van der Waals surface area contributed by atoms with E-state index in [1.54, 1.807) is 4.90 Å². The SMILES string of the molecule is C[C@H]1[C@H](O)CN1c1nc(-c2ccc3c(c2)C(C)(C)CC3NS(C)(=O)=O)c2c(n1)C(F)(F)CC2. The number of alkyl halides is 2. The molecule has 10 heteroatoms. The molecule has 1 aromatic carbocycles. The lowest BCUT2D eigenvalue weighted by Crippen LogP contribution is -2.59. The molecule has 0 radical (unpaired) electrons. The standard InChI is InChI=1S/C23H28F2N4O3S/c1-12-18(30)11-29(12)21-26-19(15-7-8-23(24,25)20(15)27-21)13-5-6-14-16(9-13)22(2,3)10-17(14)28-33(4,31)32/h5-6,9,12,17-18,28,30H,7-8,10-11H2,1-4H3/t12-,17?,18+/m0/s1. The van der Waals surface area contributed by atoms with Crippen molar-refractivity contribution in [3.63, 3.8) is 0 Å².